The molecule has 0 spiro atoms. The van der Waals surface area contributed by atoms with Crippen molar-refractivity contribution in [2.45, 2.75) is 45.3 Å². The van der Waals surface area contributed by atoms with Gasteiger partial charge in [0.05, 0.1) is 17.9 Å². The number of aromatic nitrogens is 1. The van der Waals surface area contributed by atoms with Gasteiger partial charge in [0.1, 0.15) is 5.54 Å². The van der Waals surface area contributed by atoms with Crippen molar-refractivity contribution in [2.24, 2.45) is 5.92 Å². The van der Waals surface area contributed by atoms with E-state index in [2.05, 4.69) is 15.6 Å². The number of ether oxygens (including phenoxy) is 1. The molecule has 1 aromatic carbocycles. The molecule has 1 aromatic heterocycles. The number of para-hydroxylation sites is 1. The van der Waals surface area contributed by atoms with Gasteiger partial charge >= 0.3 is 6.03 Å². The minimum Gasteiger partial charge on any atom is -0.376 e. The molecule has 33 heavy (non-hydrogen) atoms. The van der Waals surface area contributed by atoms with Gasteiger partial charge in [0.15, 0.2) is 0 Å². The molecule has 2 saturated heterocycles. The zero-order chi connectivity index (χ0) is 23.6. The molecule has 10 heteroatoms. The number of benzene rings is 1. The number of amides is 3. The largest absolute Gasteiger partial charge is 0.376 e. The van der Waals surface area contributed by atoms with Gasteiger partial charge in [-0.2, -0.15) is 0 Å². The molecule has 2 aliphatic rings. The number of imide groups is 1. The number of hydrogen-bond donors (Lipinski definition) is 2. The quantitative estimate of drug-likeness (QED) is 0.566. The van der Waals surface area contributed by atoms with E-state index in [-0.39, 0.29) is 12.3 Å². The van der Waals surface area contributed by atoms with Crippen molar-refractivity contribution in [3.8, 4) is 0 Å². The number of rotatable bonds is 8. The second-order valence-electron chi connectivity index (χ2n) is 8.90. The maximum Gasteiger partial charge on any atom is 0.322 e. The standard InChI is InChI=1S/C23H30N4O5S/c1-3-23(21(28)25-22(29)26-23)15-33(30,31)27-10-8-17(9-11-27)13-32-14-18-12-16(2)24-20-7-5-4-6-19(18)20/h4-7,12,17H,3,8-11,13-15H2,1-2H3,(H2,25,26,28,29)/t23-/m1/s1. The fraction of sp³-hybridized carbons (Fsp3) is 0.522. The van der Waals surface area contributed by atoms with Crippen molar-refractivity contribution in [3.63, 3.8) is 0 Å². The summed E-state index contributed by atoms with van der Waals surface area (Å²) in [6, 6.07) is 9.38. The number of sulfonamides is 1. The molecule has 2 fully saturated rings. The number of aryl methyl sites for hydroxylation is 1. The number of piperidine rings is 1. The molecule has 2 N–H and O–H groups in total. The predicted octanol–water partition coefficient (Wildman–Crippen LogP) is 2.09. The van der Waals surface area contributed by atoms with Gasteiger partial charge in [-0.3, -0.25) is 15.1 Å². The summed E-state index contributed by atoms with van der Waals surface area (Å²) in [4.78, 5) is 28.3. The summed E-state index contributed by atoms with van der Waals surface area (Å²) in [5.41, 5.74) is 1.59. The Bertz CT molecular complexity index is 1160. The van der Waals surface area contributed by atoms with Crippen LogP contribution in [0.5, 0.6) is 0 Å². The lowest BCUT2D eigenvalue weighted by Gasteiger charge is -2.33. The normalized spacial score (nSPS) is 22.5. The SMILES string of the molecule is CC[C@]1(CS(=O)(=O)N2CCC(COCc3cc(C)nc4ccccc34)CC2)NC(=O)NC1=O. The minimum absolute atomic E-state index is 0.206. The molecule has 0 saturated carbocycles. The Labute approximate surface area is 193 Å². The van der Waals surface area contributed by atoms with Gasteiger partial charge in [0.25, 0.3) is 5.91 Å². The lowest BCUT2D eigenvalue weighted by atomic mass is 9.99. The van der Waals surface area contributed by atoms with Gasteiger partial charge in [-0.25, -0.2) is 17.5 Å². The maximum atomic E-state index is 13.0. The Morgan fingerprint density at radius 1 is 1.21 bits per heavy atom. The molecule has 0 radical (unpaired) electrons. The molecule has 1 atom stereocenters. The van der Waals surface area contributed by atoms with E-state index >= 15 is 0 Å². The van der Waals surface area contributed by atoms with Crippen LogP contribution in [0.1, 0.15) is 37.4 Å². The van der Waals surface area contributed by atoms with Crippen LogP contribution in [0.4, 0.5) is 4.79 Å². The van der Waals surface area contributed by atoms with Crippen molar-refractivity contribution >= 4 is 32.9 Å². The van der Waals surface area contributed by atoms with E-state index in [1.54, 1.807) is 6.92 Å². The first-order chi connectivity index (χ1) is 15.7. The molecule has 0 bridgehead atoms. The third-order valence-electron chi connectivity index (χ3n) is 6.55. The average Bonchev–Trinajstić information content (AvgIpc) is 3.06. The van der Waals surface area contributed by atoms with E-state index in [1.807, 2.05) is 37.3 Å². The molecule has 3 amide bonds. The van der Waals surface area contributed by atoms with Gasteiger partial charge in [0.2, 0.25) is 10.0 Å². The zero-order valence-electron chi connectivity index (χ0n) is 19.0. The summed E-state index contributed by atoms with van der Waals surface area (Å²) in [6.45, 7) is 5.45. The molecule has 2 aromatic rings. The number of nitrogens with one attached hydrogen (secondary N) is 2. The van der Waals surface area contributed by atoms with E-state index < -0.39 is 33.3 Å². The van der Waals surface area contributed by atoms with Gasteiger partial charge in [-0.1, -0.05) is 25.1 Å². The number of carbonyl (C=O) groups is 2. The lowest BCUT2D eigenvalue weighted by Crippen LogP contribution is -2.55. The van der Waals surface area contributed by atoms with Crippen LogP contribution in [0, 0.1) is 12.8 Å². The van der Waals surface area contributed by atoms with Crippen molar-refractivity contribution in [2.75, 3.05) is 25.4 Å². The molecular formula is C23H30N4O5S. The van der Waals surface area contributed by atoms with Crippen LogP contribution in [0.25, 0.3) is 10.9 Å². The van der Waals surface area contributed by atoms with Crippen LogP contribution in [-0.2, 0) is 26.2 Å². The van der Waals surface area contributed by atoms with Crippen molar-refractivity contribution in [1.82, 2.24) is 19.9 Å². The summed E-state index contributed by atoms with van der Waals surface area (Å²) in [5.74, 6) is -0.745. The topological polar surface area (TPSA) is 118 Å². The van der Waals surface area contributed by atoms with Crippen molar-refractivity contribution in [1.29, 1.82) is 0 Å². The van der Waals surface area contributed by atoms with Crippen LogP contribution < -0.4 is 10.6 Å². The molecule has 2 aliphatic heterocycles. The number of urea groups is 1. The van der Waals surface area contributed by atoms with E-state index in [0.717, 1.165) is 22.2 Å². The summed E-state index contributed by atoms with van der Waals surface area (Å²) < 4.78 is 33.4. The highest BCUT2D eigenvalue weighted by molar-refractivity contribution is 7.89. The molecular weight excluding hydrogens is 444 g/mol. The smallest absolute Gasteiger partial charge is 0.322 e. The van der Waals surface area contributed by atoms with Crippen molar-refractivity contribution < 1.29 is 22.7 Å². The third kappa shape index (κ3) is 5.02. The zero-order valence-corrected chi connectivity index (χ0v) is 19.8. The number of fused-ring (bicyclic) bond motifs is 1. The van der Waals surface area contributed by atoms with Gasteiger partial charge < -0.3 is 10.1 Å². The summed E-state index contributed by atoms with van der Waals surface area (Å²) in [5, 5.41) is 5.73. The first kappa shape index (κ1) is 23.6. The van der Waals surface area contributed by atoms with E-state index in [4.69, 9.17) is 4.74 Å². The Balaban J connectivity index is 1.30. The maximum absolute atomic E-state index is 13.0. The highest BCUT2D eigenvalue weighted by atomic mass is 32.2. The van der Waals surface area contributed by atoms with E-state index in [9.17, 15) is 18.0 Å². The predicted molar refractivity (Wildman–Crippen MR) is 124 cm³/mol. The monoisotopic (exact) mass is 474 g/mol. The average molecular weight is 475 g/mol. The fourth-order valence-corrected chi connectivity index (χ4v) is 6.57. The highest BCUT2D eigenvalue weighted by Gasteiger charge is 2.49. The molecule has 0 aliphatic carbocycles. The van der Waals surface area contributed by atoms with Gasteiger partial charge in [-0.05, 0) is 49.8 Å². The highest BCUT2D eigenvalue weighted by Crippen LogP contribution is 2.25. The number of nitrogens with zero attached hydrogens (tertiary/aromatic N) is 2. The van der Waals surface area contributed by atoms with Crippen molar-refractivity contribution in [3.05, 3.63) is 41.6 Å². The molecule has 3 heterocycles. The van der Waals surface area contributed by atoms with E-state index in [0.29, 0.717) is 39.1 Å². The Hall–Kier alpha value is -2.56. The number of pyridine rings is 1. The third-order valence-corrected chi connectivity index (χ3v) is 8.56. The van der Waals surface area contributed by atoms with Gasteiger partial charge in [0, 0.05) is 30.8 Å². The second-order valence-corrected chi connectivity index (χ2v) is 10.9. The second kappa shape index (κ2) is 9.36. The fourth-order valence-electron chi connectivity index (χ4n) is 4.59. The summed E-state index contributed by atoms with van der Waals surface area (Å²) >= 11 is 0. The molecule has 0 unspecified atom stereocenters. The first-order valence-electron chi connectivity index (χ1n) is 11.3. The summed E-state index contributed by atoms with van der Waals surface area (Å²) in [7, 11) is -3.70. The lowest BCUT2D eigenvalue weighted by molar-refractivity contribution is -0.123. The number of carbonyl (C=O) groups excluding carboxylic acids is 2. The van der Waals surface area contributed by atoms with Crippen LogP contribution in [0.15, 0.2) is 30.3 Å². The van der Waals surface area contributed by atoms with Gasteiger partial charge in [-0.15, -0.1) is 0 Å². The first-order valence-corrected chi connectivity index (χ1v) is 12.9. The Kier molecular flexibility index (Phi) is 6.69. The molecule has 4 rings (SSSR count). The van der Waals surface area contributed by atoms with Crippen LogP contribution >= 0.6 is 0 Å². The Morgan fingerprint density at radius 3 is 2.61 bits per heavy atom. The summed E-state index contributed by atoms with van der Waals surface area (Å²) in [6.07, 6.45) is 1.58. The minimum atomic E-state index is -3.70. The van der Waals surface area contributed by atoms with Crippen LogP contribution in [0.2, 0.25) is 0 Å². The van der Waals surface area contributed by atoms with E-state index in [1.165, 1.54) is 4.31 Å². The molecule has 9 nitrogen and oxygen atoms in total. The van der Waals surface area contributed by atoms with Crippen LogP contribution in [-0.4, -0.2) is 60.6 Å². The molecule has 178 valence electrons. The van der Waals surface area contributed by atoms with Crippen LogP contribution in [0.3, 0.4) is 0 Å². The Morgan fingerprint density at radius 2 is 1.94 bits per heavy atom. The number of hydrogen-bond acceptors (Lipinski definition) is 6.